The molecule has 3 rings (SSSR count). The van der Waals surface area contributed by atoms with E-state index >= 15 is 0 Å². The van der Waals surface area contributed by atoms with Gasteiger partial charge in [-0.15, -0.1) is 0 Å². The zero-order valence-electron chi connectivity index (χ0n) is 10.1. The lowest BCUT2D eigenvalue weighted by molar-refractivity contribution is 0.182. The van der Waals surface area contributed by atoms with Crippen LogP contribution in [0.1, 0.15) is 42.5 Å². The first-order valence-corrected chi connectivity index (χ1v) is 6.19. The number of aliphatic hydroxyl groups is 1. The van der Waals surface area contributed by atoms with E-state index in [4.69, 9.17) is 4.42 Å². The van der Waals surface area contributed by atoms with E-state index in [9.17, 15) is 9.50 Å². The molecule has 1 fully saturated rings. The lowest BCUT2D eigenvalue weighted by atomic mass is 10.1. The molecule has 0 bridgehead atoms. The molecule has 1 aromatic heterocycles. The largest absolute Gasteiger partial charge is 0.463 e. The number of benzene rings is 1. The standard InChI is InChI=1S/C15H15FO2/c1-9-8-11(9)13-6-7-14(18-13)15(17)10-4-2-3-5-12(10)16/h2-7,9,11,15,17H,8H2,1H3. The van der Waals surface area contributed by atoms with Crippen molar-refractivity contribution in [1.29, 1.82) is 0 Å². The molecule has 3 unspecified atom stereocenters. The highest BCUT2D eigenvalue weighted by molar-refractivity contribution is 5.28. The second-order valence-electron chi connectivity index (χ2n) is 4.98. The molecule has 1 aliphatic rings. The van der Waals surface area contributed by atoms with Crippen LogP contribution in [0.5, 0.6) is 0 Å². The van der Waals surface area contributed by atoms with Crippen LogP contribution in [-0.2, 0) is 0 Å². The molecule has 0 saturated heterocycles. The summed E-state index contributed by atoms with van der Waals surface area (Å²) in [6.07, 6.45) is 0.0944. The number of halogens is 1. The summed E-state index contributed by atoms with van der Waals surface area (Å²) in [6.45, 7) is 2.17. The van der Waals surface area contributed by atoms with Crippen molar-refractivity contribution in [3.8, 4) is 0 Å². The summed E-state index contributed by atoms with van der Waals surface area (Å²) in [5.41, 5.74) is 0.252. The van der Waals surface area contributed by atoms with Crippen molar-refractivity contribution in [3.63, 3.8) is 0 Å². The molecule has 1 N–H and O–H groups in total. The van der Waals surface area contributed by atoms with Gasteiger partial charge in [-0.25, -0.2) is 4.39 Å². The molecule has 2 aromatic rings. The van der Waals surface area contributed by atoms with Crippen LogP contribution in [0, 0.1) is 11.7 Å². The van der Waals surface area contributed by atoms with Gasteiger partial charge in [0.15, 0.2) is 0 Å². The molecule has 2 nitrogen and oxygen atoms in total. The van der Waals surface area contributed by atoms with Crippen LogP contribution in [-0.4, -0.2) is 5.11 Å². The first-order chi connectivity index (χ1) is 8.66. The molecule has 0 spiro atoms. The number of rotatable bonds is 3. The van der Waals surface area contributed by atoms with E-state index in [-0.39, 0.29) is 5.56 Å². The Balaban J connectivity index is 1.86. The van der Waals surface area contributed by atoms with Gasteiger partial charge < -0.3 is 9.52 Å². The van der Waals surface area contributed by atoms with E-state index in [2.05, 4.69) is 6.92 Å². The highest BCUT2D eigenvalue weighted by Crippen LogP contribution is 2.47. The van der Waals surface area contributed by atoms with Gasteiger partial charge in [0.05, 0.1) is 0 Å². The van der Waals surface area contributed by atoms with Crippen molar-refractivity contribution in [2.75, 3.05) is 0 Å². The summed E-state index contributed by atoms with van der Waals surface area (Å²) in [6, 6.07) is 9.83. The molecule has 0 amide bonds. The van der Waals surface area contributed by atoms with Crippen LogP contribution in [0.25, 0.3) is 0 Å². The van der Waals surface area contributed by atoms with Crippen molar-refractivity contribution < 1.29 is 13.9 Å². The molecule has 94 valence electrons. The van der Waals surface area contributed by atoms with E-state index in [1.54, 1.807) is 24.3 Å². The molecular formula is C15H15FO2. The Kier molecular flexibility index (Phi) is 2.71. The van der Waals surface area contributed by atoms with Crippen LogP contribution < -0.4 is 0 Å². The number of furan rings is 1. The molecule has 1 aromatic carbocycles. The Labute approximate surface area is 105 Å². The molecule has 1 aliphatic carbocycles. The monoisotopic (exact) mass is 246 g/mol. The van der Waals surface area contributed by atoms with Gasteiger partial charge in [-0.3, -0.25) is 0 Å². The average Bonchev–Trinajstić information content (AvgIpc) is 2.92. The van der Waals surface area contributed by atoms with Crippen LogP contribution in [0.15, 0.2) is 40.8 Å². The summed E-state index contributed by atoms with van der Waals surface area (Å²) in [7, 11) is 0. The van der Waals surface area contributed by atoms with Crippen molar-refractivity contribution in [1.82, 2.24) is 0 Å². The van der Waals surface area contributed by atoms with Crippen LogP contribution in [0.4, 0.5) is 4.39 Å². The summed E-state index contributed by atoms with van der Waals surface area (Å²) < 4.78 is 19.2. The summed E-state index contributed by atoms with van der Waals surface area (Å²) in [5.74, 6) is 2.01. The second kappa shape index (κ2) is 4.25. The van der Waals surface area contributed by atoms with E-state index in [0.29, 0.717) is 17.6 Å². The minimum absolute atomic E-state index is 0.252. The Morgan fingerprint density at radius 3 is 2.67 bits per heavy atom. The first-order valence-electron chi connectivity index (χ1n) is 6.19. The third-order valence-corrected chi connectivity index (χ3v) is 3.59. The van der Waals surface area contributed by atoms with E-state index < -0.39 is 11.9 Å². The zero-order chi connectivity index (χ0) is 12.7. The van der Waals surface area contributed by atoms with Crippen LogP contribution in [0.2, 0.25) is 0 Å². The van der Waals surface area contributed by atoms with Crippen LogP contribution in [0.3, 0.4) is 0 Å². The maximum Gasteiger partial charge on any atom is 0.139 e. The normalized spacial score (nSPS) is 23.9. The Morgan fingerprint density at radius 1 is 1.28 bits per heavy atom. The number of hydrogen-bond donors (Lipinski definition) is 1. The van der Waals surface area contributed by atoms with Crippen molar-refractivity contribution in [3.05, 3.63) is 59.3 Å². The van der Waals surface area contributed by atoms with Crippen LogP contribution >= 0.6 is 0 Å². The molecule has 3 heteroatoms. The molecule has 1 heterocycles. The Morgan fingerprint density at radius 2 is 2.00 bits per heavy atom. The van der Waals surface area contributed by atoms with Gasteiger partial charge in [0.1, 0.15) is 23.4 Å². The average molecular weight is 246 g/mol. The van der Waals surface area contributed by atoms with Gasteiger partial charge in [0.2, 0.25) is 0 Å². The minimum Gasteiger partial charge on any atom is -0.463 e. The lowest BCUT2D eigenvalue weighted by Crippen LogP contribution is -2.00. The number of hydrogen-bond acceptors (Lipinski definition) is 2. The molecule has 0 aliphatic heterocycles. The van der Waals surface area contributed by atoms with E-state index in [1.165, 1.54) is 6.07 Å². The van der Waals surface area contributed by atoms with Gasteiger partial charge in [0.25, 0.3) is 0 Å². The predicted octanol–water partition coefficient (Wildman–Crippen LogP) is 3.62. The Hall–Kier alpha value is -1.61. The van der Waals surface area contributed by atoms with Gasteiger partial charge in [-0.1, -0.05) is 25.1 Å². The lowest BCUT2D eigenvalue weighted by Gasteiger charge is -2.08. The quantitative estimate of drug-likeness (QED) is 0.897. The first kappa shape index (κ1) is 11.5. The third-order valence-electron chi connectivity index (χ3n) is 3.59. The van der Waals surface area contributed by atoms with Crippen molar-refractivity contribution >= 4 is 0 Å². The maximum absolute atomic E-state index is 13.6. The highest BCUT2D eigenvalue weighted by Gasteiger charge is 2.37. The highest BCUT2D eigenvalue weighted by atomic mass is 19.1. The second-order valence-corrected chi connectivity index (χ2v) is 4.98. The van der Waals surface area contributed by atoms with Gasteiger partial charge in [-0.2, -0.15) is 0 Å². The van der Waals surface area contributed by atoms with Gasteiger partial charge in [-0.05, 0) is 30.5 Å². The van der Waals surface area contributed by atoms with Gasteiger partial charge in [0, 0.05) is 11.5 Å². The smallest absolute Gasteiger partial charge is 0.139 e. The van der Waals surface area contributed by atoms with Gasteiger partial charge >= 0.3 is 0 Å². The summed E-state index contributed by atoms with van der Waals surface area (Å²) >= 11 is 0. The maximum atomic E-state index is 13.6. The molecule has 3 atom stereocenters. The molecule has 0 radical (unpaired) electrons. The SMILES string of the molecule is CC1CC1c1ccc(C(O)c2ccccc2F)o1. The number of aliphatic hydroxyl groups excluding tert-OH is 1. The third kappa shape index (κ3) is 1.95. The summed E-state index contributed by atoms with van der Waals surface area (Å²) in [4.78, 5) is 0. The fourth-order valence-electron chi connectivity index (χ4n) is 2.28. The topological polar surface area (TPSA) is 33.4 Å². The predicted molar refractivity (Wildman–Crippen MR) is 65.7 cm³/mol. The zero-order valence-corrected chi connectivity index (χ0v) is 10.1. The summed E-state index contributed by atoms with van der Waals surface area (Å²) in [5, 5.41) is 10.1. The molecule has 1 saturated carbocycles. The minimum atomic E-state index is -1.03. The Bertz CT molecular complexity index is 561. The van der Waals surface area contributed by atoms with E-state index in [0.717, 1.165) is 12.2 Å². The van der Waals surface area contributed by atoms with Crippen molar-refractivity contribution in [2.24, 2.45) is 5.92 Å². The van der Waals surface area contributed by atoms with E-state index in [1.807, 2.05) is 6.07 Å². The van der Waals surface area contributed by atoms with Crippen molar-refractivity contribution in [2.45, 2.75) is 25.4 Å². The fourth-order valence-corrected chi connectivity index (χ4v) is 2.28. The molecular weight excluding hydrogens is 231 g/mol. The molecule has 18 heavy (non-hydrogen) atoms. The fraction of sp³-hybridized carbons (Fsp3) is 0.333.